The van der Waals surface area contributed by atoms with Crippen molar-refractivity contribution in [1.29, 1.82) is 0 Å². The SMILES string of the molecule is Cc1ccc(N2C(=O)CCCC2=O)c(C)c1. The third-order valence-electron chi connectivity index (χ3n) is 2.87. The summed E-state index contributed by atoms with van der Waals surface area (Å²) in [6.07, 6.45) is 1.62. The van der Waals surface area contributed by atoms with E-state index in [0.717, 1.165) is 16.8 Å². The molecular weight excluding hydrogens is 202 g/mol. The molecule has 1 fully saturated rings. The van der Waals surface area contributed by atoms with Gasteiger partial charge in [-0.15, -0.1) is 0 Å². The maximum Gasteiger partial charge on any atom is 0.233 e. The summed E-state index contributed by atoms with van der Waals surface area (Å²) in [5.74, 6) is -0.161. The largest absolute Gasteiger partial charge is 0.274 e. The van der Waals surface area contributed by atoms with Crippen molar-refractivity contribution in [3.05, 3.63) is 29.3 Å². The standard InChI is InChI=1S/C13H15NO2/c1-9-6-7-11(10(2)8-9)14-12(15)4-3-5-13(14)16/h6-8H,3-5H2,1-2H3. The van der Waals surface area contributed by atoms with Gasteiger partial charge in [-0.05, 0) is 31.9 Å². The number of carbonyl (C=O) groups is 2. The van der Waals surface area contributed by atoms with Gasteiger partial charge in [0.1, 0.15) is 0 Å². The van der Waals surface area contributed by atoms with E-state index in [2.05, 4.69) is 0 Å². The molecule has 0 saturated carbocycles. The molecule has 1 heterocycles. The van der Waals surface area contributed by atoms with Gasteiger partial charge < -0.3 is 0 Å². The molecule has 16 heavy (non-hydrogen) atoms. The van der Waals surface area contributed by atoms with Crippen molar-refractivity contribution in [2.75, 3.05) is 4.90 Å². The Kier molecular flexibility index (Phi) is 2.77. The lowest BCUT2D eigenvalue weighted by Crippen LogP contribution is -2.40. The van der Waals surface area contributed by atoms with E-state index in [9.17, 15) is 9.59 Å². The van der Waals surface area contributed by atoms with Gasteiger partial charge in [-0.25, -0.2) is 0 Å². The van der Waals surface area contributed by atoms with E-state index >= 15 is 0 Å². The fourth-order valence-electron chi connectivity index (χ4n) is 2.08. The summed E-state index contributed by atoms with van der Waals surface area (Å²) < 4.78 is 0. The molecule has 1 aliphatic heterocycles. The number of aryl methyl sites for hydroxylation is 2. The highest BCUT2D eigenvalue weighted by molar-refractivity contribution is 6.16. The minimum absolute atomic E-state index is 0.0804. The number of hydrogen-bond donors (Lipinski definition) is 0. The highest BCUT2D eigenvalue weighted by Crippen LogP contribution is 2.25. The van der Waals surface area contributed by atoms with Crippen molar-refractivity contribution >= 4 is 17.5 Å². The van der Waals surface area contributed by atoms with E-state index in [0.29, 0.717) is 19.3 Å². The maximum absolute atomic E-state index is 11.7. The summed E-state index contributed by atoms with van der Waals surface area (Å²) in [5, 5.41) is 0. The monoisotopic (exact) mass is 217 g/mol. The first-order valence-corrected chi connectivity index (χ1v) is 5.52. The van der Waals surface area contributed by atoms with Crippen LogP contribution in [0.5, 0.6) is 0 Å². The molecule has 0 unspecified atom stereocenters. The number of benzene rings is 1. The number of hydrogen-bond acceptors (Lipinski definition) is 2. The molecule has 2 rings (SSSR count). The Morgan fingerprint density at radius 2 is 1.69 bits per heavy atom. The summed E-state index contributed by atoms with van der Waals surface area (Å²) in [5.41, 5.74) is 2.85. The predicted molar refractivity (Wildman–Crippen MR) is 62.3 cm³/mol. The van der Waals surface area contributed by atoms with Crippen LogP contribution < -0.4 is 4.90 Å². The summed E-state index contributed by atoms with van der Waals surface area (Å²) >= 11 is 0. The Balaban J connectivity index is 2.42. The topological polar surface area (TPSA) is 37.4 Å². The fourth-order valence-corrected chi connectivity index (χ4v) is 2.08. The van der Waals surface area contributed by atoms with Gasteiger partial charge in [0.2, 0.25) is 11.8 Å². The van der Waals surface area contributed by atoms with Crippen molar-refractivity contribution in [2.45, 2.75) is 33.1 Å². The van der Waals surface area contributed by atoms with Gasteiger partial charge in [0.05, 0.1) is 5.69 Å². The van der Waals surface area contributed by atoms with Crippen LogP contribution in [-0.2, 0) is 9.59 Å². The number of anilines is 1. The Hall–Kier alpha value is -1.64. The van der Waals surface area contributed by atoms with Crippen LogP contribution in [0.4, 0.5) is 5.69 Å². The van der Waals surface area contributed by atoms with Gasteiger partial charge in [-0.2, -0.15) is 0 Å². The minimum Gasteiger partial charge on any atom is -0.274 e. The lowest BCUT2D eigenvalue weighted by molar-refractivity contribution is -0.129. The maximum atomic E-state index is 11.7. The van der Waals surface area contributed by atoms with E-state index in [1.54, 1.807) is 0 Å². The molecule has 0 aromatic heterocycles. The first-order chi connectivity index (χ1) is 7.59. The summed E-state index contributed by atoms with van der Waals surface area (Å²) in [4.78, 5) is 24.8. The fraction of sp³-hybridized carbons (Fsp3) is 0.385. The van der Waals surface area contributed by atoms with Crippen molar-refractivity contribution < 1.29 is 9.59 Å². The number of carbonyl (C=O) groups excluding carboxylic acids is 2. The molecule has 0 radical (unpaired) electrons. The Bertz CT molecular complexity index is 435. The normalized spacial score (nSPS) is 16.8. The van der Waals surface area contributed by atoms with Gasteiger partial charge >= 0.3 is 0 Å². The Morgan fingerprint density at radius 3 is 2.25 bits per heavy atom. The number of piperidine rings is 1. The van der Waals surface area contributed by atoms with Gasteiger partial charge in [-0.3, -0.25) is 14.5 Å². The lowest BCUT2D eigenvalue weighted by atomic mass is 10.0. The summed E-state index contributed by atoms with van der Waals surface area (Å²) in [6, 6.07) is 5.77. The van der Waals surface area contributed by atoms with Crippen LogP contribution in [0.1, 0.15) is 30.4 Å². The zero-order valence-electron chi connectivity index (χ0n) is 9.62. The third kappa shape index (κ3) is 1.85. The predicted octanol–water partition coefficient (Wildman–Crippen LogP) is 2.35. The van der Waals surface area contributed by atoms with Gasteiger partial charge in [0.15, 0.2) is 0 Å². The van der Waals surface area contributed by atoms with Gasteiger partial charge in [-0.1, -0.05) is 17.7 Å². The molecule has 1 aromatic carbocycles. The van der Waals surface area contributed by atoms with Crippen molar-refractivity contribution in [1.82, 2.24) is 0 Å². The summed E-state index contributed by atoms with van der Waals surface area (Å²) in [7, 11) is 0. The van der Waals surface area contributed by atoms with E-state index in [-0.39, 0.29) is 11.8 Å². The molecule has 84 valence electrons. The van der Waals surface area contributed by atoms with Gasteiger partial charge in [0, 0.05) is 12.8 Å². The van der Waals surface area contributed by atoms with Crippen LogP contribution in [0.3, 0.4) is 0 Å². The molecule has 3 nitrogen and oxygen atoms in total. The first kappa shape index (κ1) is 10.9. The number of imide groups is 1. The molecule has 0 atom stereocenters. The lowest BCUT2D eigenvalue weighted by Gasteiger charge is -2.26. The molecule has 0 aliphatic carbocycles. The van der Waals surface area contributed by atoms with E-state index in [4.69, 9.17) is 0 Å². The van der Waals surface area contributed by atoms with Crippen LogP contribution in [0.2, 0.25) is 0 Å². The summed E-state index contributed by atoms with van der Waals surface area (Å²) in [6.45, 7) is 3.92. The van der Waals surface area contributed by atoms with Crippen LogP contribution in [0.25, 0.3) is 0 Å². The minimum atomic E-state index is -0.0804. The number of rotatable bonds is 1. The zero-order valence-corrected chi connectivity index (χ0v) is 9.62. The smallest absolute Gasteiger partial charge is 0.233 e. The number of nitrogens with zero attached hydrogens (tertiary/aromatic N) is 1. The zero-order chi connectivity index (χ0) is 11.7. The second-order valence-electron chi connectivity index (χ2n) is 4.27. The molecular formula is C13H15NO2. The van der Waals surface area contributed by atoms with E-state index in [1.807, 2.05) is 32.0 Å². The molecule has 0 spiro atoms. The van der Waals surface area contributed by atoms with E-state index < -0.39 is 0 Å². The molecule has 0 bridgehead atoms. The highest BCUT2D eigenvalue weighted by Gasteiger charge is 2.28. The molecule has 2 amide bonds. The average Bonchev–Trinajstić information content (AvgIpc) is 2.20. The second-order valence-corrected chi connectivity index (χ2v) is 4.27. The van der Waals surface area contributed by atoms with Crippen molar-refractivity contribution in [3.8, 4) is 0 Å². The third-order valence-corrected chi connectivity index (χ3v) is 2.87. The van der Waals surface area contributed by atoms with E-state index in [1.165, 1.54) is 4.90 Å². The molecule has 1 saturated heterocycles. The van der Waals surface area contributed by atoms with Crippen molar-refractivity contribution in [2.24, 2.45) is 0 Å². The molecule has 3 heteroatoms. The van der Waals surface area contributed by atoms with Crippen LogP contribution in [-0.4, -0.2) is 11.8 Å². The average molecular weight is 217 g/mol. The second kappa shape index (κ2) is 4.08. The Morgan fingerprint density at radius 1 is 1.06 bits per heavy atom. The van der Waals surface area contributed by atoms with Gasteiger partial charge in [0.25, 0.3) is 0 Å². The first-order valence-electron chi connectivity index (χ1n) is 5.52. The van der Waals surface area contributed by atoms with Crippen LogP contribution in [0, 0.1) is 13.8 Å². The molecule has 1 aliphatic rings. The van der Waals surface area contributed by atoms with Crippen molar-refractivity contribution in [3.63, 3.8) is 0 Å². The molecule has 1 aromatic rings. The molecule has 0 N–H and O–H groups in total. The highest BCUT2D eigenvalue weighted by atomic mass is 16.2. The Labute approximate surface area is 95.1 Å². The van der Waals surface area contributed by atoms with Crippen LogP contribution in [0.15, 0.2) is 18.2 Å². The number of amides is 2. The quantitative estimate of drug-likeness (QED) is 0.677. The van der Waals surface area contributed by atoms with Crippen LogP contribution >= 0.6 is 0 Å².